The molecule has 0 aliphatic carbocycles. The summed E-state index contributed by atoms with van der Waals surface area (Å²) >= 11 is 0. The Morgan fingerprint density at radius 2 is 1.96 bits per heavy atom. The van der Waals surface area contributed by atoms with Gasteiger partial charge in [-0.05, 0) is 74.2 Å². The Kier molecular flexibility index (Phi) is 5.08. The number of carbonyl (C=O) groups excluding carboxylic acids is 1. The van der Waals surface area contributed by atoms with Gasteiger partial charge in [0, 0.05) is 23.3 Å². The molecule has 0 saturated carbocycles. The summed E-state index contributed by atoms with van der Waals surface area (Å²) in [5, 5.41) is 12.4. The Morgan fingerprint density at radius 1 is 1.22 bits per heavy atom. The van der Waals surface area contributed by atoms with Crippen LogP contribution in [0.1, 0.15) is 66.2 Å². The molecule has 0 saturated heterocycles. The van der Waals surface area contributed by atoms with Crippen LogP contribution in [0.5, 0.6) is 0 Å². The highest BCUT2D eigenvalue weighted by atomic mass is 16.1. The number of carbonyl (C=O) groups is 1. The molecule has 1 heterocycles. The number of anilines is 1. The third kappa shape index (κ3) is 3.61. The highest BCUT2D eigenvalue weighted by Gasteiger charge is 2.32. The Bertz CT molecular complexity index is 922. The minimum absolute atomic E-state index is 0.0682. The monoisotopic (exact) mass is 361 g/mol. The van der Waals surface area contributed by atoms with E-state index < -0.39 is 0 Å². The Morgan fingerprint density at radius 3 is 2.63 bits per heavy atom. The molecule has 1 aliphatic rings. The third-order valence-electron chi connectivity index (χ3n) is 5.76. The van der Waals surface area contributed by atoms with E-state index in [1.54, 1.807) is 12.1 Å². The Balaban J connectivity index is 1.87. The van der Waals surface area contributed by atoms with Gasteiger partial charge >= 0.3 is 0 Å². The number of nitrogens with one attached hydrogen (secondary N) is 1. The predicted molar refractivity (Wildman–Crippen MR) is 109 cm³/mol. The number of rotatable bonds is 3. The van der Waals surface area contributed by atoms with Crippen molar-refractivity contribution in [2.24, 2.45) is 0 Å². The normalized spacial score (nSPS) is 15.9. The van der Waals surface area contributed by atoms with Crippen LogP contribution in [0.4, 0.5) is 5.69 Å². The van der Waals surface area contributed by atoms with Crippen LogP contribution in [0, 0.1) is 11.3 Å². The summed E-state index contributed by atoms with van der Waals surface area (Å²) in [4.78, 5) is 15.1. The largest absolute Gasteiger partial charge is 0.322 e. The van der Waals surface area contributed by atoms with Crippen LogP contribution in [0.15, 0.2) is 36.4 Å². The van der Waals surface area contributed by atoms with Gasteiger partial charge in [-0.25, -0.2) is 0 Å². The van der Waals surface area contributed by atoms with Crippen molar-refractivity contribution in [3.63, 3.8) is 0 Å². The van der Waals surface area contributed by atoms with E-state index in [1.165, 1.54) is 11.1 Å². The van der Waals surface area contributed by atoms with E-state index in [-0.39, 0.29) is 17.4 Å². The maximum absolute atomic E-state index is 12.7. The fraction of sp³-hybridized carbons (Fsp3) is 0.391. The molecule has 0 aromatic heterocycles. The van der Waals surface area contributed by atoms with Gasteiger partial charge in [0.2, 0.25) is 0 Å². The molecule has 4 nitrogen and oxygen atoms in total. The van der Waals surface area contributed by atoms with E-state index in [4.69, 9.17) is 0 Å². The fourth-order valence-corrected chi connectivity index (χ4v) is 3.72. The molecule has 3 rings (SSSR count). The summed E-state index contributed by atoms with van der Waals surface area (Å²) in [7, 11) is 2.13. The van der Waals surface area contributed by atoms with Gasteiger partial charge in [-0.1, -0.05) is 26.0 Å². The molecule has 2 aromatic rings. The standard InChI is InChI=1S/C23H27N3O/c1-15(2)20-9-7-17(12-18(20)14-24)22(27)25-19-8-6-16-10-11-26(5)23(3,4)21(16)13-19/h6-9,12-13,15H,10-11H2,1-5H3,(H,25,27). The van der Waals surface area contributed by atoms with Gasteiger partial charge in [-0.2, -0.15) is 5.26 Å². The summed E-state index contributed by atoms with van der Waals surface area (Å²) in [6.45, 7) is 9.54. The van der Waals surface area contributed by atoms with Crippen LogP contribution in [-0.4, -0.2) is 24.4 Å². The van der Waals surface area contributed by atoms with Gasteiger partial charge in [0.15, 0.2) is 0 Å². The van der Waals surface area contributed by atoms with Crippen molar-refractivity contribution in [1.82, 2.24) is 4.90 Å². The number of nitrogens with zero attached hydrogens (tertiary/aromatic N) is 2. The Labute approximate surface area is 161 Å². The topological polar surface area (TPSA) is 56.1 Å². The zero-order valence-electron chi connectivity index (χ0n) is 16.8. The zero-order valence-corrected chi connectivity index (χ0v) is 16.8. The SMILES string of the molecule is CC(C)c1ccc(C(=O)Nc2ccc3c(c2)C(C)(C)N(C)CC3)cc1C#N. The van der Waals surface area contributed by atoms with E-state index in [0.29, 0.717) is 11.1 Å². The average Bonchev–Trinajstić information content (AvgIpc) is 2.64. The fourth-order valence-electron chi connectivity index (χ4n) is 3.72. The summed E-state index contributed by atoms with van der Waals surface area (Å²) < 4.78 is 0. The van der Waals surface area contributed by atoms with Crippen molar-refractivity contribution >= 4 is 11.6 Å². The van der Waals surface area contributed by atoms with Gasteiger partial charge < -0.3 is 5.32 Å². The summed E-state index contributed by atoms with van der Waals surface area (Å²) in [5.41, 5.74) is 5.34. The van der Waals surface area contributed by atoms with Gasteiger partial charge in [-0.3, -0.25) is 9.69 Å². The van der Waals surface area contributed by atoms with Crippen molar-refractivity contribution in [3.8, 4) is 6.07 Å². The number of likely N-dealkylation sites (N-methyl/N-ethyl adjacent to an activating group) is 1. The van der Waals surface area contributed by atoms with Crippen LogP contribution in [0.2, 0.25) is 0 Å². The van der Waals surface area contributed by atoms with Crippen molar-refractivity contribution in [2.75, 3.05) is 18.9 Å². The molecular weight excluding hydrogens is 334 g/mol. The lowest BCUT2D eigenvalue weighted by molar-refractivity contribution is 0.102. The molecule has 140 valence electrons. The van der Waals surface area contributed by atoms with Crippen molar-refractivity contribution in [3.05, 3.63) is 64.2 Å². The molecule has 0 atom stereocenters. The second-order valence-corrected chi connectivity index (χ2v) is 8.13. The highest BCUT2D eigenvalue weighted by molar-refractivity contribution is 6.04. The lowest BCUT2D eigenvalue weighted by Gasteiger charge is -2.41. The minimum Gasteiger partial charge on any atom is -0.322 e. The van der Waals surface area contributed by atoms with Crippen LogP contribution >= 0.6 is 0 Å². The molecule has 1 aliphatic heterocycles. The van der Waals surface area contributed by atoms with E-state index >= 15 is 0 Å². The summed E-state index contributed by atoms with van der Waals surface area (Å²) in [6.07, 6.45) is 1.02. The molecule has 0 unspecified atom stereocenters. The smallest absolute Gasteiger partial charge is 0.255 e. The lowest BCUT2D eigenvalue weighted by Crippen LogP contribution is -2.44. The first-order chi connectivity index (χ1) is 12.7. The second-order valence-electron chi connectivity index (χ2n) is 8.13. The van der Waals surface area contributed by atoms with E-state index in [1.807, 2.05) is 26.0 Å². The molecule has 0 fully saturated rings. The molecule has 4 heteroatoms. The number of hydrogen-bond donors (Lipinski definition) is 1. The van der Waals surface area contributed by atoms with E-state index in [9.17, 15) is 10.1 Å². The molecule has 0 bridgehead atoms. The summed E-state index contributed by atoms with van der Waals surface area (Å²) in [6, 6.07) is 13.7. The van der Waals surface area contributed by atoms with E-state index in [2.05, 4.69) is 49.3 Å². The van der Waals surface area contributed by atoms with Gasteiger partial charge in [0.1, 0.15) is 0 Å². The van der Waals surface area contributed by atoms with Gasteiger partial charge in [0.25, 0.3) is 5.91 Å². The molecular formula is C23H27N3O. The maximum atomic E-state index is 12.7. The number of nitriles is 1. The quantitative estimate of drug-likeness (QED) is 0.865. The van der Waals surface area contributed by atoms with Crippen molar-refractivity contribution in [2.45, 2.75) is 45.6 Å². The molecule has 2 aromatic carbocycles. The van der Waals surface area contributed by atoms with Crippen LogP contribution < -0.4 is 5.32 Å². The third-order valence-corrected chi connectivity index (χ3v) is 5.76. The highest BCUT2D eigenvalue weighted by Crippen LogP contribution is 2.35. The Hall–Kier alpha value is -2.64. The number of hydrogen-bond acceptors (Lipinski definition) is 3. The maximum Gasteiger partial charge on any atom is 0.255 e. The molecule has 0 radical (unpaired) electrons. The first kappa shape index (κ1) is 19.1. The van der Waals surface area contributed by atoms with Gasteiger partial charge in [-0.15, -0.1) is 0 Å². The minimum atomic E-state index is -0.191. The second kappa shape index (κ2) is 7.17. The zero-order chi connectivity index (χ0) is 19.8. The van der Waals surface area contributed by atoms with Crippen LogP contribution in [-0.2, 0) is 12.0 Å². The molecule has 1 N–H and O–H groups in total. The number of amides is 1. The molecule has 1 amide bonds. The lowest BCUT2D eigenvalue weighted by atomic mass is 9.83. The molecule has 0 spiro atoms. The van der Waals surface area contributed by atoms with Gasteiger partial charge in [0.05, 0.1) is 11.6 Å². The van der Waals surface area contributed by atoms with E-state index in [0.717, 1.165) is 24.2 Å². The van der Waals surface area contributed by atoms with Crippen molar-refractivity contribution in [1.29, 1.82) is 5.26 Å². The van der Waals surface area contributed by atoms with Crippen LogP contribution in [0.3, 0.4) is 0 Å². The number of fused-ring (bicyclic) bond motifs is 1. The summed E-state index contributed by atoms with van der Waals surface area (Å²) in [5.74, 6) is 0.0559. The van der Waals surface area contributed by atoms with Crippen LogP contribution in [0.25, 0.3) is 0 Å². The first-order valence-corrected chi connectivity index (χ1v) is 9.44. The average molecular weight is 361 g/mol. The predicted octanol–water partition coefficient (Wildman–Crippen LogP) is 4.66. The first-order valence-electron chi connectivity index (χ1n) is 9.44. The number of benzene rings is 2. The van der Waals surface area contributed by atoms with Crippen molar-refractivity contribution < 1.29 is 4.79 Å². The molecule has 27 heavy (non-hydrogen) atoms.